The second-order valence-corrected chi connectivity index (χ2v) is 4.59. The van der Waals surface area contributed by atoms with Crippen LogP contribution in [0.2, 0.25) is 0 Å². The molecule has 0 aliphatic heterocycles. The van der Waals surface area contributed by atoms with Crippen LogP contribution in [0.15, 0.2) is 6.07 Å². The van der Waals surface area contributed by atoms with Gasteiger partial charge in [-0.25, -0.2) is 15.8 Å². The van der Waals surface area contributed by atoms with Gasteiger partial charge in [-0.2, -0.15) is 11.8 Å². The summed E-state index contributed by atoms with van der Waals surface area (Å²) in [6.07, 6.45) is 3.19. The summed E-state index contributed by atoms with van der Waals surface area (Å²) in [5.74, 6) is 8.50. The van der Waals surface area contributed by atoms with E-state index in [0.29, 0.717) is 24.9 Å². The highest BCUT2D eigenvalue weighted by molar-refractivity contribution is 7.98. The zero-order valence-electron chi connectivity index (χ0n) is 10.9. The number of nitrogen functional groups attached to an aromatic ring is 1. The first kappa shape index (κ1) is 15.0. The maximum Gasteiger partial charge on any atom is 0.158 e. The van der Waals surface area contributed by atoms with E-state index in [1.807, 2.05) is 18.7 Å². The number of rotatable bonds is 9. The molecule has 0 saturated carbocycles. The topological polar surface area (TPSA) is 85.1 Å². The van der Waals surface area contributed by atoms with Crippen LogP contribution >= 0.6 is 11.8 Å². The van der Waals surface area contributed by atoms with E-state index >= 15 is 0 Å². The summed E-state index contributed by atoms with van der Waals surface area (Å²) in [5.41, 5.74) is 2.53. The maximum absolute atomic E-state index is 5.38. The van der Waals surface area contributed by atoms with Gasteiger partial charge in [0.05, 0.1) is 0 Å². The number of nitrogens with one attached hydrogen (secondary N) is 2. The normalized spacial score (nSPS) is 10.4. The van der Waals surface area contributed by atoms with Crippen molar-refractivity contribution in [1.82, 2.24) is 9.97 Å². The summed E-state index contributed by atoms with van der Waals surface area (Å²) < 4.78 is 5.29. The Morgan fingerprint density at radius 1 is 1.39 bits per heavy atom. The van der Waals surface area contributed by atoms with Gasteiger partial charge in [0.25, 0.3) is 0 Å². The molecule has 18 heavy (non-hydrogen) atoms. The Labute approximate surface area is 112 Å². The van der Waals surface area contributed by atoms with E-state index in [0.717, 1.165) is 24.5 Å². The van der Waals surface area contributed by atoms with Crippen molar-refractivity contribution in [1.29, 1.82) is 0 Å². The van der Waals surface area contributed by atoms with Gasteiger partial charge in [-0.15, -0.1) is 0 Å². The summed E-state index contributed by atoms with van der Waals surface area (Å²) in [6.45, 7) is 3.86. The van der Waals surface area contributed by atoms with Gasteiger partial charge in [0.2, 0.25) is 0 Å². The van der Waals surface area contributed by atoms with Crippen LogP contribution in [-0.2, 0) is 11.3 Å². The van der Waals surface area contributed by atoms with E-state index in [2.05, 4.69) is 27.0 Å². The van der Waals surface area contributed by atoms with Gasteiger partial charge >= 0.3 is 0 Å². The third-order valence-corrected chi connectivity index (χ3v) is 2.88. The third-order valence-electron chi connectivity index (χ3n) is 2.19. The standard InChI is InChI=1S/C11H21N5OS/c1-3-17-8-11-14-9(7-10(15-11)16-12)13-5-4-6-18-2/h7H,3-6,8,12H2,1-2H3,(H2,13,14,15,16). The SMILES string of the molecule is CCOCc1nc(NN)cc(NCCCSC)n1. The minimum absolute atomic E-state index is 0.394. The number of thioether (sulfide) groups is 1. The number of hydrogen-bond donors (Lipinski definition) is 3. The molecule has 0 unspecified atom stereocenters. The Balaban J connectivity index is 2.58. The van der Waals surface area contributed by atoms with Crippen molar-refractivity contribution in [2.45, 2.75) is 20.0 Å². The number of nitrogens with zero attached hydrogens (tertiary/aromatic N) is 2. The molecule has 1 aromatic heterocycles. The molecule has 0 atom stereocenters. The Kier molecular flexibility index (Phi) is 7.47. The number of hydrogen-bond acceptors (Lipinski definition) is 7. The van der Waals surface area contributed by atoms with Crippen molar-refractivity contribution in [2.75, 3.05) is 35.9 Å². The molecule has 0 aromatic carbocycles. The number of hydrazine groups is 1. The predicted octanol–water partition coefficient (Wildman–Crippen LogP) is 1.46. The zero-order valence-corrected chi connectivity index (χ0v) is 11.7. The van der Waals surface area contributed by atoms with E-state index in [9.17, 15) is 0 Å². The predicted molar refractivity (Wildman–Crippen MR) is 76.7 cm³/mol. The van der Waals surface area contributed by atoms with Crippen molar-refractivity contribution in [3.8, 4) is 0 Å². The highest BCUT2D eigenvalue weighted by Gasteiger charge is 2.03. The van der Waals surface area contributed by atoms with Gasteiger partial charge in [0, 0.05) is 19.2 Å². The fourth-order valence-electron chi connectivity index (χ4n) is 1.35. The quantitative estimate of drug-likeness (QED) is 0.356. The molecule has 0 radical (unpaired) electrons. The van der Waals surface area contributed by atoms with Crippen molar-refractivity contribution >= 4 is 23.4 Å². The van der Waals surface area contributed by atoms with Crippen LogP contribution in [0, 0.1) is 0 Å². The van der Waals surface area contributed by atoms with Crippen LogP contribution in [0.5, 0.6) is 0 Å². The van der Waals surface area contributed by atoms with Gasteiger partial charge < -0.3 is 15.5 Å². The van der Waals surface area contributed by atoms with E-state index < -0.39 is 0 Å². The summed E-state index contributed by atoms with van der Waals surface area (Å²) in [6, 6.07) is 1.79. The van der Waals surface area contributed by atoms with Crippen molar-refractivity contribution in [2.24, 2.45) is 5.84 Å². The Hall–Kier alpha value is -1.05. The van der Waals surface area contributed by atoms with Crippen LogP contribution < -0.4 is 16.6 Å². The molecule has 1 heterocycles. The number of nitrogens with two attached hydrogens (primary N) is 1. The lowest BCUT2D eigenvalue weighted by Gasteiger charge is -2.09. The lowest BCUT2D eigenvalue weighted by atomic mass is 10.4. The van der Waals surface area contributed by atoms with Crippen molar-refractivity contribution in [3.63, 3.8) is 0 Å². The first-order chi connectivity index (χ1) is 8.80. The van der Waals surface area contributed by atoms with Gasteiger partial charge in [0.1, 0.15) is 18.2 Å². The van der Waals surface area contributed by atoms with Crippen LogP contribution in [0.4, 0.5) is 11.6 Å². The van der Waals surface area contributed by atoms with Gasteiger partial charge in [-0.3, -0.25) is 0 Å². The van der Waals surface area contributed by atoms with Crippen molar-refractivity contribution in [3.05, 3.63) is 11.9 Å². The molecule has 0 aliphatic carbocycles. The molecular weight excluding hydrogens is 250 g/mol. The van der Waals surface area contributed by atoms with Gasteiger partial charge in [0.15, 0.2) is 5.82 Å². The Morgan fingerprint density at radius 3 is 2.83 bits per heavy atom. The largest absolute Gasteiger partial charge is 0.374 e. The average molecular weight is 271 g/mol. The fourth-order valence-corrected chi connectivity index (χ4v) is 1.79. The third kappa shape index (κ3) is 5.52. The van der Waals surface area contributed by atoms with Crippen LogP contribution in [0.3, 0.4) is 0 Å². The van der Waals surface area contributed by atoms with Crippen LogP contribution in [-0.4, -0.2) is 35.1 Å². The molecule has 0 bridgehead atoms. The van der Waals surface area contributed by atoms with Gasteiger partial charge in [-0.1, -0.05) is 0 Å². The number of anilines is 2. The maximum atomic E-state index is 5.38. The monoisotopic (exact) mass is 271 g/mol. The van der Waals surface area contributed by atoms with E-state index in [1.54, 1.807) is 6.07 Å². The fraction of sp³-hybridized carbons (Fsp3) is 0.636. The molecular formula is C11H21N5OS. The molecule has 102 valence electrons. The number of aromatic nitrogens is 2. The average Bonchev–Trinajstić information content (AvgIpc) is 2.41. The first-order valence-electron chi connectivity index (χ1n) is 5.95. The summed E-state index contributed by atoms with van der Waals surface area (Å²) in [4.78, 5) is 8.58. The second kappa shape index (κ2) is 8.96. The molecule has 1 rings (SSSR count). The molecule has 4 N–H and O–H groups in total. The molecule has 0 saturated heterocycles. The number of ether oxygens (including phenoxy) is 1. The highest BCUT2D eigenvalue weighted by Crippen LogP contribution is 2.11. The summed E-state index contributed by atoms with van der Waals surface area (Å²) in [7, 11) is 0. The van der Waals surface area contributed by atoms with Crippen LogP contribution in [0.25, 0.3) is 0 Å². The minimum atomic E-state index is 0.394. The summed E-state index contributed by atoms with van der Waals surface area (Å²) >= 11 is 1.83. The molecule has 0 amide bonds. The Morgan fingerprint density at radius 2 is 2.17 bits per heavy atom. The smallest absolute Gasteiger partial charge is 0.158 e. The lowest BCUT2D eigenvalue weighted by molar-refractivity contribution is 0.128. The molecule has 0 fully saturated rings. The van der Waals surface area contributed by atoms with E-state index in [1.165, 1.54) is 0 Å². The van der Waals surface area contributed by atoms with E-state index in [4.69, 9.17) is 10.6 Å². The molecule has 6 nitrogen and oxygen atoms in total. The highest BCUT2D eigenvalue weighted by atomic mass is 32.2. The summed E-state index contributed by atoms with van der Waals surface area (Å²) in [5, 5.41) is 3.26. The second-order valence-electron chi connectivity index (χ2n) is 3.61. The van der Waals surface area contributed by atoms with Crippen LogP contribution in [0.1, 0.15) is 19.2 Å². The molecule has 0 aliphatic rings. The first-order valence-corrected chi connectivity index (χ1v) is 7.34. The molecule has 7 heteroatoms. The van der Waals surface area contributed by atoms with E-state index in [-0.39, 0.29) is 0 Å². The van der Waals surface area contributed by atoms with Gasteiger partial charge in [-0.05, 0) is 25.4 Å². The van der Waals surface area contributed by atoms with Crippen molar-refractivity contribution < 1.29 is 4.74 Å². The molecule has 1 aromatic rings. The minimum Gasteiger partial charge on any atom is -0.374 e. The lowest BCUT2D eigenvalue weighted by Crippen LogP contribution is -2.13. The molecule has 0 spiro atoms. The zero-order chi connectivity index (χ0) is 13.2. The Bertz CT molecular complexity index is 350.